The first-order chi connectivity index (χ1) is 18.1. The van der Waals surface area contributed by atoms with Crippen LogP contribution in [0.5, 0.6) is 0 Å². The van der Waals surface area contributed by atoms with Crippen molar-refractivity contribution in [3.8, 4) is 0 Å². The summed E-state index contributed by atoms with van der Waals surface area (Å²) >= 11 is 0. The summed E-state index contributed by atoms with van der Waals surface area (Å²) in [4.78, 5) is 55.8. The maximum atomic E-state index is 14.8. The highest BCUT2D eigenvalue weighted by molar-refractivity contribution is 6.16. The molecule has 0 atom stereocenters. The Bertz CT molecular complexity index is 1560. The summed E-state index contributed by atoms with van der Waals surface area (Å²) < 4.78 is 16.1. The van der Waals surface area contributed by atoms with Crippen molar-refractivity contribution in [2.75, 3.05) is 22.1 Å². The minimum Gasteiger partial charge on any atom is -0.339 e. The Morgan fingerprint density at radius 2 is 1.79 bits per heavy atom. The number of Topliss-reactive ketones (excluding diaryl/α,β-unsaturated/α-hetero) is 1. The Labute approximate surface area is 218 Å². The number of benzene rings is 2. The van der Waals surface area contributed by atoms with Crippen LogP contribution in [0.1, 0.15) is 41.3 Å². The van der Waals surface area contributed by atoms with E-state index in [0.717, 1.165) is 18.4 Å². The van der Waals surface area contributed by atoms with Gasteiger partial charge in [-0.3, -0.25) is 23.9 Å². The van der Waals surface area contributed by atoms with Gasteiger partial charge in [-0.25, -0.2) is 9.18 Å². The van der Waals surface area contributed by atoms with Gasteiger partial charge < -0.3 is 15.5 Å². The van der Waals surface area contributed by atoms with Crippen LogP contribution in [-0.4, -0.2) is 39.8 Å². The van der Waals surface area contributed by atoms with Crippen LogP contribution in [0.25, 0.3) is 0 Å². The number of carbonyl (C=O) groups excluding carboxylic acids is 3. The van der Waals surface area contributed by atoms with Gasteiger partial charge in [0.2, 0.25) is 5.91 Å². The molecular weight excluding hydrogens is 489 g/mol. The zero-order valence-corrected chi connectivity index (χ0v) is 21.6. The second-order valence-electron chi connectivity index (χ2n) is 9.80. The zero-order chi connectivity index (χ0) is 27.3. The number of amides is 3. The summed E-state index contributed by atoms with van der Waals surface area (Å²) in [7, 11) is 1.50. The fraction of sp³-hybridized carbons (Fsp3) is 0.286. The van der Waals surface area contributed by atoms with E-state index in [2.05, 4.69) is 10.6 Å². The van der Waals surface area contributed by atoms with Crippen molar-refractivity contribution in [2.45, 2.75) is 39.7 Å². The number of fused-ring (bicyclic) bond motifs is 1. The maximum absolute atomic E-state index is 14.8. The van der Waals surface area contributed by atoms with Crippen LogP contribution in [0.2, 0.25) is 0 Å². The maximum Gasteiger partial charge on any atom is 0.329 e. The molecule has 38 heavy (non-hydrogen) atoms. The molecule has 1 aliphatic carbocycles. The van der Waals surface area contributed by atoms with E-state index in [0.29, 0.717) is 11.4 Å². The molecule has 0 bridgehead atoms. The lowest BCUT2D eigenvalue weighted by atomic mass is 10.0. The van der Waals surface area contributed by atoms with E-state index >= 15 is 0 Å². The predicted octanol–water partition coefficient (Wildman–Crippen LogP) is 4.76. The van der Waals surface area contributed by atoms with Crippen molar-refractivity contribution >= 4 is 46.3 Å². The van der Waals surface area contributed by atoms with Gasteiger partial charge >= 0.3 is 6.03 Å². The highest BCUT2D eigenvalue weighted by Crippen LogP contribution is 2.41. The van der Waals surface area contributed by atoms with Crippen LogP contribution >= 0.6 is 0 Å². The second kappa shape index (κ2) is 9.44. The minimum absolute atomic E-state index is 0.0893. The van der Waals surface area contributed by atoms with Crippen molar-refractivity contribution in [1.29, 1.82) is 0 Å². The number of anilines is 5. The molecule has 0 saturated heterocycles. The monoisotopic (exact) mass is 517 g/mol. The van der Waals surface area contributed by atoms with Crippen molar-refractivity contribution in [3.05, 3.63) is 75.3 Å². The SMILES string of the molecule is CC(=O)Nc1cccc(N2C(=O)N(C3CC3)CC(=O)c3c2c(C)c(=O)n(C)c3Nc2ccc(C)cc2F)c1. The summed E-state index contributed by atoms with van der Waals surface area (Å²) in [6.45, 7) is 4.52. The largest absolute Gasteiger partial charge is 0.339 e. The van der Waals surface area contributed by atoms with Gasteiger partial charge in [0.1, 0.15) is 11.6 Å². The quantitative estimate of drug-likeness (QED) is 0.508. The Balaban J connectivity index is 1.77. The second-order valence-corrected chi connectivity index (χ2v) is 9.80. The molecule has 2 aromatic carbocycles. The molecule has 0 unspecified atom stereocenters. The van der Waals surface area contributed by atoms with E-state index in [4.69, 9.17) is 0 Å². The summed E-state index contributed by atoms with van der Waals surface area (Å²) in [5, 5.41) is 5.67. The molecule has 0 spiro atoms. The molecule has 2 heterocycles. The average molecular weight is 518 g/mol. The molecule has 196 valence electrons. The molecule has 2 N–H and O–H groups in total. The molecule has 0 radical (unpaired) electrons. The number of halogens is 1. The number of aromatic nitrogens is 1. The molecule has 3 amide bonds. The molecule has 1 saturated carbocycles. The third-order valence-electron chi connectivity index (χ3n) is 6.83. The Morgan fingerprint density at radius 1 is 1.05 bits per heavy atom. The van der Waals surface area contributed by atoms with E-state index < -0.39 is 17.4 Å². The van der Waals surface area contributed by atoms with E-state index in [1.807, 2.05) is 0 Å². The summed E-state index contributed by atoms with van der Waals surface area (Å²) in [5.41, 5.74) is 1.66. The molecule has 5 rings (SSSR count). The number of nitrogens with one attached hydrogen (secondary N) is 2. The van der Waals surface area contributed by atoms with Crippen molar-refractivity contribution in [1.82, 2.24) is 9.47 Å². The van der Waals surface area contributed by atoms with Crippen LogP contribution < -0.4 is 21.1 Å². The van der Waals surface area contributed by atoms with Gasteiger partial charge in [0.25, 0.3) is 5.56 Å². The lowest BCUT2D eigenvalue weighted by molar-refractivity contribution is -0.114. The van der Waals surface area contributed by atoms with Gasteiger partial charge in [-0.15, -0.1) is 0 Å². The van der Waals surface area contributed by atoms with Crippen LogP contribution in [0.4, 0.5) is 37.8 Å². The third kappa shape index (κ3) is 4.42. The van der Waals surface area contributed by atoms with Gasteiger partial charge in [0.05, 0.1) is 29.2 Å². The predicted molar refractivity (Wildman–Crippen MR) is 143 cm³/mol. The number of hydrogen-bond acceptors (Lipinski definition) is 5. The highest BCUT2D eigenvalue weighted by atomic mass is 19.1. The first-order valence-electron chi connectivity index (χ1n) is 12.3. The number of rotatable bonds is 5. The fourth-order valence-electron chi connectivity index (χ4n) is 4.82. The first kappa shape index (κ1) is 25.2. The average Bonchev–Trinajstić information content (AvgIpc) is 3.70. The highest BCUT2D eigenvalue weighted by Gasteiger charge is 2.43. The molecule has 3 aromatic rings. The van der Waals surface area contributed by atoms with Crippen LogP contribution in [0, 0.1) is 19.7 Å². The lowest BCUT2D eigenvalue weighted by Gasteiger charge is -2.30. The van der Waals surface area contributed by atoms with E-state index in [1.54, 1.807) is 50.2 Å². The number of carbonyl (C=O) groups is 3. The van der Waals surface area contributed by atoms with Crippen molar-refractivity contribution in [3.63, 3.8) is 0 Å². The van der Waals surface area contributed by atoms with Gasteiger partial charge in [-0.2, -0.15) is 0 Å². The van der Waals surface area contributed by atoms with E-state index in [9.17, 15) is 23.6 Å². The Hall–Kier alpha value is -4.47. The lowest BCUT2D eigenvalue weighted by Crippen LogP contribution is -2.42. The topological polar surface area (TPSA) is 104 Å². The van der Waals surface area contributed by atoms with Crippen molar-refractivity contribution < 1.29 is 18.8 Å². The molecule has 2 aliphatic rings. The molecule has 10 heteroatoms. The molecular formula is C28H28FN5O4. The number of ketones is 1. The summed E-state index contributed by atoms with van der Waals surface area (Å²) in [6, 6.07) is 10.7. The van der Waals surface area contributed by atoms with Gasteiger partial charge in [-0.05, 0) is 62.6 Å². The Morgan fingerprint density at radius 3 is 2.45 bits per heavy atom. The van der Waals surface area contributed by atoms with Crippen LogP contribution in [-0.2, 0) is 11.8 Å². The number of nitrogens with zero attached hydrogens (tertiary/aromatic N) is 3. The molecule has 9 nitrogen and oxygen atoms in total. The van der Waals surface area contributed by atoms with Crippen LogP contribution in [0.3, 0.4) is 0 Å². The zero-order valence-electron chi connectivity index (χ0n) is 21.6. The minimum atomic E-state index is -0.539. The van der Waals surface area contributed by atoms with Crippen molar-refractivity contribution in [2.24, 2.45) is 7.05 Å². The van der Waals surface area contributed by atoms with Crippen LogP contribution in [0.15, 0.2) is 47.3 Å². The fourth-order valence-corrected chi connectivity index (χ4v) is 4.82. The third-order valence-corrected chi connectivity index (χ3v) is 6.83. The molecule has 1 fully saturated rings. The number of urea groups is 1. The van der Waals surface area contributed by atoms with Gasteiger partial charge in [0, 0.05) is 31.3 Å². The number of pyridine rings is 1. The summed E-state index contributed by atoms with van der Waals surface area (Å²) in [6.07, 6.45) is 1.54. The number of hydrogen-bond donors (Lipinski definition) is 2. The van der Waals surface area contributed by atoms with E-state index in [1.165, 1.54) is 34.4 Å². The molecule has 1 aliphatic heterocycles. The normalized spacial score (nSPS) is 15.3. The Kier molecular flexibility index (Phi) is 6.26. The smallest absolute Gasteiger partial charge is 0.329 e. The van der Waals surface area contributed by atoms with E-state index in [-0.39, 0.29) is 52.6 Å². The molecule has 1 aromatic heterocycles. The van der Waals surface area contributed by atoms with Gasteiger partial charge in [-0.1, -0.05) is 12.1 Å². The van der Waals surface area contributed by atoms with Gasteiger partial charge in [0.15, 0.2) is 5.78 Å². The number of aryl methyl sites for hydroxylation is 1. The summed E-state index contributed by atoms with van der Waals surface area (Å²) in [5.74, 6) is -1.09. The first-order valence-corrected chi connectivity index (χ1v) is 12.3. The standard InChI is InChI=1S/C28H28FN5O4/c1-15-8-11-22(21(29)12-15)31-26-24-23(36)14-33(19-9-10-19)28(38)34(25(24)16(2)27(37)32(26)4)20-7-5-6-18(13-20)30-17(3)35/h5-8,11-13,19,31H,9-10,14H2,1-4H3,(H,30,35).